The molecule has 1 atom stereocenters. The first-order valence-electron chi connectivity index (χ1n) is 11.6. The lowest BCUT2D eigenvalue weighted by atomic mass is 9.91. The quantitative estimate of drug-likeness (QED) is 0.557. The number of likely N-dealkylation sites (tertiary alicyclic amines) is 1. The number of ether oxygens (including phenoxy) is 2. The Balaban J connectivity index is 1.36. The van der Waals surface area contributed by atoms with Gasteiger partial charge >= 0.3 is 6.18 Å². The summed E-state index contributed by atoms with van der Waals surface area (Å²) in [5.41, 5.74) is 1.40. The number of hydrogen-bond acceptors (Lipinski definition) is 5. The Morgan fingerprint density at radius 3 is 2.52 bits per heavy atom. The van der Waals surface area contributed by atoms with Crippen molar-refractivity contribution in [3.63, 3.8) is 0 Å². The SMILES string of the molecule is COC1=CC(OCc2ccc(C3CCCC3)c(C(F)(F)F)c2)CC=C1CN1CC(C(O)O)C1. The van der Waals surface area contributed by atoms with E-state index in [0.29, 0.717) is 42.9 Å². The molecular weight excluding hydrogens is 435 g/mol. The number of aliphatic hydroxyl groups excluding tert-OH is 1. The maximum absolute atomic E-state index is 13.7. The zero-order chi connectivity index (χ0) is 23.6. The molecule has 1 aromatic rings. The first-order valence-corrected chi connectivity index (χ1v) is 11.6. The van der Waals surface area contributed by atoms with E-state index in [1.54, 1.807) is 19.2 Å². The van der Waals surface area contributed by atoms with Gasteiger partial charge < -0.3 is 19.7 Å². The van der Waals surface area contributed by atoms with Gasteiger partial charge in [0.05, 0.1) is 25.4 Å². The van der Waals surface area contributed by atoms with Crippen LogP contribution in [0.4, 0.5) is 13.2 Å². The Hall–Kier alpha value is -1.87. The molecular formula is C25H32F3NO4. The number of alkyl halides is 3. The monoisotopic (exact) mass is 467 g/mol. The van der Waals surface area contributed by atoms with Crippen molar-refractivity contribution in [2.24, 2.45) is 5.92 Å². The summed E-state index contributed by atoms with van der Waals surface area (Å²) >= 11 is 0. The third kappa shape index (κ3) is 5.80. The second-order valence-electron chi connectivity index (χ2n) is 9.32. The number of benzene rings is 1. The van der Waals surface area contributed by atoms with Crippen LogP contribution in [0.2, 0.25) is 0 Å². The average molecular weight is 468 g/mol. The van der Waals surface area contributed by atoms with Crippen molar-refractivity contribution >= 4 is 0 Å². The summed E-state index contributed by atoms with van der Waals surface area (Å²) in [7, 11) is 1.58. The van der Waals surface area contributed by atoms with Crippen LogP contribution in [0.15, 0.2) is 41.7 Å². The predicted molar refractivity (Wildman–Crippen MR) is 117 cm³/mol. The average Bonchev–Trinajstić information content (AvgIpc) is 3.28. The van der Waals surface area contributed by atoms with Crippen LogP contribution in [0.3, 0.4) is 0 Å². The van der Waals surface area contributed by atoms with Gasteiger partial charge in [0.1, 0.15) is 5.76 Å². The molecule has 1 unspecified atom stereocenters. The number of rotatable bonds is 8. The standard InChI is InChI=1S/C25H32F3NO4/c1-32-23-11-20(8-7-18(23)12-29-13-19(14-29)24(30)31)33-15-16-6-9-21(17-4-2-3-5-17)22(10-16)25(26,27)28/h6-7,9-11,17,19-20,24,30-31H,2-5,8,12-15H2,1H3. The van der Waals surface area contributed by atoms with Gasteiger partial charge in [0.25, 0.3) is 0 Å². The minimum Gasteiger partial charge on any atom is -0.497 e. The van der Waals surface area contributed by atoms with E-state index in [2.05, 4.69) is 4.90 Å². The highest BCUT2D eigenvalue weighted by atomic mass is 19.4. The highest BCUT2D eigenvalue weighted by molar-refractivity contribution is 5.37. The molecule has 0 amide bonds. The molecule has 33 heavy (non-hydrogen) atoms. The lowest BCUT2D eigenvalue weighted by Crippen LogP contribution is -2.52. The number of hydrogen-bond donors (Lipinski definition) is 2. The third-order valence-corrected chi connectivity index (χ3v) is 6.95. The van der Waals surface area contributed by atoms with E-state index in [1.165, 1.54) is 6.07 Å². The van der Waals surface area contributed by atoms with Crippen LogP contribution >= 0.6 is 0 Å². The molecule has 1 saturated carbocycles. The van der Waals surface area contributed by atoms with Crippen molar-refractivity contribution in [3.8, 4) is 0 Å². The molecule has 2 N–H and O–H groups in total. The summed E-state index contributed by atoms with van der Waals surface area (Å²) in [5.74, 6) is 0.557. The second kappa shape index (κ2) is 10.2. The highest BCUT2D eigenvalue weighted by Crippen LogP contribution is 2.42. The minimum atomic E-state index is -4.37. The Labute approximate surface area is 192 Å². The van der Waals surface area contributed by atoms with Crippen LogP contribution < -0.4 is 0 Å². The first-order chi connectivity index (χ1) is 15.7. The lowest BCUT2D eigenvalue weighted by molar-refractivity contribution is -0.138. The van der Waals surface area contributed by atoms with E-state index in [0.717, 1.165) is 31.3 Å². The Morgan fingerprint density at radius 1 is 1.15 bits per heavy atom. The summed E-state index contributed by atoms with van der Waals surface area (Å²) in [6.45, 7) is 1.97. The van der Waals surface area contributed by atoms with Crippen molar-refractivity contribution in [1.29, 1.82) is 0 Å². The van der Waals surface area contributed by atoms with E-state index < -0.39 is 18.0 Å². The van der Waals surface area contributed by atoms with E-state index in [-0.39, 0.29) is 24.5 Å². The summed E-state index contributed by atoms with van der Waals surface area (Å²) in [6, 6.07) is 4.63. The van der Waals surface area contributed by atoms with Gasteiger partial charge in [-0.1, -0.05) is 31.1 Å². The van der Waals surface area contributed by atoms with Gasteiger partial charge in [-0.15, -0.1) is 0 Å². The van der Waals surface area contributed by atoms with Crippen LogP contribution in [-0.2, 0) is 22.3 Å². The van der Waals surface area contributed by atoms with E-state index >= 15 is 0 Å². The minimum absolute atomic E-state index is 0.00646. The first kappa shape index (κ1) is 24.3. The number of nitrogens with zero attached hydrogens (tertiary/aromatic N) is 1. The molecule has 3 aliphatic rings. The molecule has 0 radical (unpaired) electrons. The topological polar surface area (TPSA) is 62.2 Å². The summed E-state index contributed by atoms with van der Waals surface area (Å²) in [5, 5.41) is 18.4. The number of aliphatic hydroxyl groups is 2. The van der Waals surface area contributed by atoms with Gasteiger partial charge in [-0.2, -0.15) is 13.2 Å². The molecule has 5 nitrogen and oxygen atoms in total. The Kier molecular flexibility index (Phi) is 7.48. The molecule has 4 rings (SSSR count). The zero-order valence-corrected chi connectivity index (χ0v) is 18.9. The van der Waals surface area contributed by atoms with Crippen molar-refractivity contribution in [3.05, 3.63) is 58.4 Å². The molecule has 1 heterocycles. The molecule has 1 aromatic carbocycles. The van der Waals surface area contributed by atoms with Crippen LogP contribution in [0.25, 0.3) is 0 Å². The van der Waals surface area contributed by atoms with Crippen molar-refractivity contribution in [1.82, 2.24) is 4.90 Å². The van der Waals surface area contributed by atoms with Gasteiger partial charge in [0, 0.05) is 31.1 Å². The van der Waals surface area contributed by atoms with Gasteiger partial charge in [-0.3, -0.25) is 4.90 Å². The van der Waals surface area contributed by atoms with Gasteiger partial charge in [-0.25, -0.2) is 0 Å². The summed E-state index contributed by atoms with van der Waals surface area (Å²) in [6.07, 6.45) is 2.16. The van der Waals surface area contributed by atoms with E-state index in [4.69, 9.17) is 9.47 Å². The molecule has 0 bridgehead atoms. The van der Waals surface area contributed by atoms with Crippen LogP contribution in [0, 0.1) is 5.92 Å². The van der Waals surface area contributed by atoms with Crippen LogP contribution in [0.1, 0.15) is 54.7 Å². The molecule has 2 fully saturated rings. The normalized spacial score (nSPS) is 22.9. The van der Waals surface area contributed by atoms with Crippen LogP contribution in [-0.4, -0.2) is 54.3 Å². The predicted octanol–water partition coefficient (Wildman–Crippen LogP) is 4.35. The summed E-state index contributed by atoms with van der Waals surface area (Å²) < 4.78 is 52.6. The smallest absolute Gasteiger partial charge is 0.416 e. The van der Waals surface area contributed by atoms with Crippen LogP contribution in [0.5, 0.6) is 0 Å². The fourth-order valence-corrected chi connectivity index (χ4v) is 5.06. The zero-order valence-electron chi connectivity index (χ0n) is 18.9. The van der Waals surface area contributed by atoms with E-state index in [1.807, 2.05) is 12.2 Å². The van der Waals surface area contributed by atoms with Crippen molar-refractivity contribution < 1.29 is 32.9 Å². The second-order valence-corrected chi connectivity index (χ2v) is 9.32. The fourth-order valence-electron chi connectivity index (χ4n) is 5.06. The molecule has 2 aliphatic carbocycles. The van der Waals surface area contributed by atoms with Crippen molar-refractivity contribution in [2.75, 3.05) is 26.7 Å². The number of halogens is 3. The summed E-state index contributed by atoms with van der Waals surface area (Å²) in [4.78, 5) is 2.11. The molecule has 182 valence electrons. The molecule has 1 aliphatic heterocycles. The molecule has 8 heteroatoms. The van der Waals surface area contributed by atoms with E-state index in [9.17, 15) is 23.4 Å². The maximum atomic E-state index is 13.7. The third-order valence-electron chi connectivity index (χ3n) is 6.95. The fraction of sp³-hybridized carbons (Fsp3) is 0.600. The van der Waals surface area contributed by atoms with Crippen molar-refractivity contribution in [2.45, 2.75) is 63.2 Å². The molecule has 0 aromatic heterocycles. The maximum Gasteiger partial charge on any atom is 0.416 e. The van der Waals surface area contributed by atoms with Gasteiger partial charge in [0.15, 0.2) is 6.29 Å². The molecule has 1 saturated heterocycles. The Bertz CT molecular complexity index is 884. The van der Waals surface area contributed by atoms with Gasteiger partial charge in [0.2, 0.25) is 0 Å². The van der Waals surface area contributed by atoms with Gasteiger partial charge in [-0.05, 0) is 48.4 Å². The number of methoxy groups -OCH3 is 1. The Morgan fingerprint density at radius 2 is 1.88 bits per heavy atom. The highest BCUT2D eigenvalue weighted by Gasteiger charge is 2.36. The lowest BCUT2D eigenvalue weighted by Gasteiger charge is -2.40. The largest absolute Gasteiger partial charge is 0.497 e. The molecule has 0 spiro atoms.